The molecule has 2 aromatic heterocycles. The molecule has 1 aliphatic heterocycles. The van der Waals surface area contributed by atoms with Crippen molar-refractivity contribution in [2.75, 3.05) is 0 Å². The topological polar surface area (TPSA) is 51.8 Å². The quantitative estimate of drug-likeness (QED) is 0.819. The minimum absolute atomic E-state index is 0.113. The minimum Gasteiger partial charge on any atom is -0.322 e. The average Bonchev–Trinajstić information content (AvgIpc) is 2.86. The average molecular weight is 383 g/mol. The Labute approximate surface area is 152 Å². The first kappa shape index (κ1) is 17.2. The van der Waals surface area contributed by atoms with E-state index in [2.05, 4.69) is 9.97 Å². The molecule has 0 saturated heterocycles. The number of nitrogens with two attached hydrogens (primary N) is 1. The van der Waals surface area contributed by atoms with Gasteiger partial charge in [-0.2, -0.15) is 13.2 Å². The number of halogens is 3. The van der Waals surface area contributed by atoms with Crippen LogP contribution in [0, 0.1) is 0 Å². The highest BCUT2D eigenvalue weighted by Gasteiger charge is 2.44. The molecule has 1 aliphatic carbocycles. The van der Waals surface area contributed by atoms with Crippen molar-refractivity contribution < 1.29 is 13.2 Å². The molecule has 2 aromatic rings. The lowest BCUT2D eigenvalue weighted by Gasteiger charge is -2.28. The molecule has 0 amide bonds. The van der Waals surface area contributed by atoms with Gasteiger partial charge in [-0.15, -0.1) is 11.8 Å². The van der Waals surface area contributed by atoms with Gasteiger partial charge in [-0.25, -0.2) is 4.98 Å². The summed E-state index contributed by atoms with van der Waals surface area (Å²) < 4.78 is 40.9. The molecule has 0 radical (unpaired) electrons. The zero-order chi connectivity index (χ0) is 17.6. The second-order valence-corrected chi connectivity index (χ2v) is 9.09. The molecule has 2 unspecified atom stereocenters. The van der Waals surface area contributed by atoms with Gasteiger partial charge in [0.15, 0.2) is 0 Å². The summed E-state index contributed by atoms with van der Waals surface area (Å²) in [5, 5.41) is 0.906. The normalized spacial score (nSPS) is 23.4. The Hall–Kier alpha value is -1.25. The van der Waals surface area contributed by atoms with Crippen molar-refractivity contribution >= 4 is 23.5 Å². The van der Waals surface area contributed by atoms with Crippen LogP contribution in [0.1, 0.15) is 36.4 Å². The third-order valence-electron chi connectivity index (χ3n) is 4.52. The van der Waals surface area contributed by atoms with E-state index >= 15 is 0 Å². The minimum atomic E-state index is -4.46. The Kier molecular flexibility index (Phi) is 4.45. The first-order valence-corrected chi connectivity index (χ1v) is 9.86. The lowest BCUT2D eigenvalue weighted by Crippen LogP contribution is -2.24. The molecule has 8 heteroatoms. The first-order chi connectivity index (χ1) is 11.9. The van der Waals surface area contributed by atoms with Crippen molar-refractivity contribution in [2.24, 2.45) is 5.73 Å². The summed E-state index contributed by atoms with van der Waals surface area (Å²) in [5.41, 5.74) is 6.53. The molecule has 1 saturated carbocycles. The number of hydrogen-bond acceptors (Lipinski definition) is 5. The molecule has 0 aromatic carbocycles. The molecule has 3 heterocycles. The number of hydrogen-bond donors (Lipinski definition) is 1. The second kappa shape index (κ2) is 6.48. The van der Waals surface area contributed by atoms with E-state index in [4.69, 9.17) is 5.73 Å². The third-order valence-corrected chi connectivity index (χ3v) is 7.62. The molecular weight excluding hydrogens is 367 g/mol. The van der Waals surface area contributed by atoms with Gasteiger partial charge in [0, 0.05) is 28.8 Å². The van der Waals surface area contributed by atoms with E-state index < -0.39 is 17.8 Å². The maximum absolute atomic E-state index is 13.7. The van der Waals surface area contributed by atoms with Crippen LogP contribution >= 0.6 is 23.5 Å². The summed E-state index contributed by atoms with van der Waals surface area (Å²) in [4.78, 5) is 8.46. The zero-order valence-electron chi connectivity index (χ0n) is 13.2. The van der Waals surface area contributed by atoms with Crippen molar-refractivity contribution in [1.82, 2.24) is 9.97 Å². The number of rotatable bonds is 3. The monoisotopic (exact) mass is 383 g/mol. The molecule has 1 fully saturated rings. The molecule has 2 aliphatic rings. The number of aromatic nitrogens is 2. The van der Waals surface area contributed by atoms with Crippen molar-refractivity contribution in [2.45, 2.75) is 46.3 Å². The molecule has 132 valence electrons. The van der Waals surface area contributed by atoms with Crippen LogP contribution in [0.2, 0.25) is 0 Å². The summed E-state index contributed by atoms with van der Waals surface area (Å²) in [6, 6.07) is 3.85. The summed E-state index contributed by atoms with van der Waals surface area (Å²) in [6.07, 6.45) is 2.07. The van der Waals surface area contributed by atoms with Crippen molar-refractivity contribution in [3.05, 3.63) is 41.7 Å². The van der Waals surface area contributed by atoms with Gasteiger partial charge in [0.05, 0.1) is 21.9 Å². The van der Waals surface area contributed by atoms with Crippen LogP contribution in [-0.2, 0) is 6.18 Å². The van der Waals surface area contributed by atoms with Crippen molar-refractivity contribution in [1.29, 1.82) is 0 Å². The van der Waals surface area contributed by atoms with Gasteiger partial charge in [0.2, 0.25) is 0 Å². The number of nitrogens with zero attached hydrogens (tertiary/aromatic N) is 2. The van der Waals surface area contributed by atoms with E-state index in [1.54, 1.807) is 30.1 Å². The fraction of sp³-hybridized carbons (Fsp3) is 0.412. The smallest absolute Gasteiger partial charge is 0.322 e. The van der Waals surface area contributed by atoms with Crippen LogP contribution in [0.3, 0.4) is 0 Å². The molecule has 25 heavy (non-hydrogen) atoms. The third kappa shape index (κ3) is 3.27. The van der Waals surface area contributed by atoms with Gasteiger partial charge in [0.25, 0.3) is 0 Å². The highest BCUT2D eigenvalue weighted by Crippen LogP contribution is 2.54. The Balaban J connectivity index is 1.75. The molecule has 4 rings (SSSR count). The van der Waals surface area contributed by atoms with Crippen LogP contribution in [0.4, 0.5) is 13.2 Å². The SMILES string of the molecule is NC1c2c(C(F)(F)F)cc(-c3cccnc3)nc2SC1SC1CCC1. The predicted molar refractivity (Wildman–Crippen MR) is 94.3 cm³/mol. The molecule has 2 N–H and O–H groups in total. The lowest BCUT2D eigenvalue weighted by atomic mass is 10.00. The van der Waals surface area contributed by atoms with E-state index in [9.17, 15) is 13.2 Å². The fourth-order valence-corrected chi connectivity index (χ4v) is 6.25. The number of alkyl halides is 3. The van der Waals surface area contributed by atoms with E-state index in [0.29, 0.717) is 15.8 Å². The summed E-state index contributed by atoms with van der Waals surface area (Å²) in [7, 11) is 0. The van der Waals surface area contributed by atoms with Crippen LogP contribution in [0.5, 0.6) is 0 Å². The van der Waals surface area contributed by atoms with Crippen molar-refractivity contribution in [3.8, 4) is 11.3 Å². The number of fused-ring (bicyclic) bond motifs is 1. The molecule has 3 nitrogen and oxygen atoms in total. The number of thioether (sulfide) groups is 2. The highest BCUT2D eigenvalue weighted by atomic mass is 32.2. The van der Waals surface area contributed by atoms with Crippen LogP contribution < -0.4 is 5.73 Å². The predicted octanol–water partition coefficient (Wildman–Crippen LogP) is 4.88. The molecule has 0 bridgehead atoms. The molecule has 0 spiro atoms. The largest absolute Gasteiger partial charge is 0.416 e. The van der Waals surface area contributed by atoms with Crippen LogP contribution in [-0.4, -0.2) is 19.8 Å². The van der Waals surface area contributed by atoms with Gasteiger partial charge >= 0.3 is 6.18 Å². The van der Waals surface area contributed by atoms with Crippen LogP contribution in [0.25, 0.3) is 11.3 Å². The maximum atomic E-state index is 13.7. The van der Waals surface area contributed by atoms with Gasteiger partial charge in [-0.05, 0) is 31.0 Å². The van der Waals surface area contributed by atoms with E-state index in [-0.39, 0.29) is 15.8 Å². The molecule has 2 atom stereocenters. The van der Waals surface area contributed by atoms with E-state index in [0.717, 1.165) is 18.9 Å². The zero-order valence-corrected chi connectivity index (χ0v) is 14.8. The molecular formula is C17H16F3N3S2. The van der Waals surface area contributed by atoms with E-state index in [1.165, 1.54) is 24.4 Å². The van der Waals surface area contributed by atoms with Gasteiger partial charge in [-0.1, -0.05) is 18.2 Å². The summed E-state index contributed by atoms with van der Waals surface area (Å²) >= 11 is 3.07. The highest BCUT2D eigenvalue weighted by molar-refractivity contribution is 8.17. The van der Waals surface area contributed by atoms with Gasteiger partial charge in [0.1, 0.15) is 5.03 Å². The van der Waals surface area contributed by atoms with Gasteiger partial charge < -0.3 is 5.73 Å². The summed E-state index contributed by atoms with van der Waals surface area (Å²) in [6.45, 7) is 0. The second-order valence-electron chi connectivity index (χ2n) is 6.21. The van der Waals surface area contributed by atoms with E-state index in [1.807, 2.05) is 0 Å². The Morgan fingerprint density at radius 3 is 2.68 bits per heavy atom. The maximum Gasteiger partial charge on any atom is 0.416 e. The Bertz CT molecular complexity index is 779. The first-order valence-electron chi connectivity index (χ1n) is 8.03. The Morgan fingerprint density at radius 2 is 2.08 bits per heavy atom. The Morgan fingerprint density at radius 1 is 1.28 bits per heavy atom. The fourth-order valence-electron chi connectivity index (χ4n) is 2.97. The summed E-state index contributed by atoms with van der Waals surface area (Å²) in [5.74, 6) is 0. The standard InChI is InChI=1S/C17H16F3N3S2/c18-17(19,20)11-7-12(9-3-2-6-22-8-9)23-15-13(11)14(21)16(25-15)24-10-4-1-5-10/h2-3,6-8,10,14,16H,1,4-5,21H2. The van der Waals surface area contributed by atoms with Crippen LogP contribution in [0.15, 0.2) is 35.6 Å². The van der Waals surface area contributed by atoms with Crippen molar-refractivity contribution in [3.63, 3.8) is 0 Å². The van der Waals surface area contributed by atoms with Gasteiger partial charge in [-0.3, -0.25) is 4.98 Å². The lowest BCUT2D eigenvalue weighted by molar-refractivity contribution is -0.138. The number of pyridine rings is 2.